The Bertz CT molecular complexity index is 1210. The van der Waals surface area contributed by atoms with Gasteiger partial charge in [0.2, 0.25) is 6.17 Å². The summed E-state index contributed by atoms with van der Waals surface area (Å²) in [6, 6.07) is 19.8. The Morgan fingerprint density at radius 2 is 1.70 bits per heavy atom. The minimum Gasteiger partial charge on any atom is -0.380 e. The minimum absolute atomic E-state index is 0.244. The number of nitrogens with zero attached hydrogens (tertiary/aromatic N) is 2. The van der Waals surface area contributed by atoms with E-state index in [1.54, 1.807) is 68.8 Å². The molecule has 0 fully saturated rings. The molecule has 33 heavy (non-hydrogen) atoms. The van der Waals surface area contributed by atoms with Crippen LogP contribution in [-0.4, -0.2) is 38.0 Å². The molecule has 168 valence electrons. The maximum absolute atomic E-state index is 14.7. The standard InChI is InChI=1S/C25H23FN4O3/c1-30-21-10-6-4-8-19(21)22(18-7-3-5-9-20(18)26)28-23(24(30)31)29-25(32)27-17-13-11-16(12-14-17)15-33-2/h3-14,23H,15H2,1-2H3,(H2,27,29,32). The van der Waals surface area contributed by atoms with Crippen LogP contribution in [0, 0.1) is 5.82 Å². The highest BCUT2D eigenvalue weighted by atomic mass is 19.1. The van der Waals surface area contributed by atoms with Crippen LogP contribution in [0.1, 0.15) is 16.7 Å². The van der Waals surface area contributed by atoms with Crippen molar-refractivity contribution in [2.45, 2.75) is 12.8 Å². The molecule has 1 atom stereocenters. The van der Waals surface area contributed by atoms with E-state index in [2.05, 4.69) is 15.6 Å². The van der Waals surface area contributed by atoms with Crippen molar-refractivity contribution in [3.05, 3.63) is 95.3 Å². The van der Waals surface area contributed by atoms with Gasteiger partial charge >= 0.3 is 6.03 Å². The van der Waals surface area contributed by atoms with Crippen molar-refractivity contribution in [3.8, 4) is 0 Å². The van der Waals surface area contributed by atoms with Gasteiger partial charge in [0.05, 0.1) is 18.0 Å². The van der Waals surface area contributed by atoms with Gasteiger partial charge in [0.25, 0.3) is 5.91 Å². The number of rotatable bonds is 5. The monoisotopic (exact) mass is 446 g/mol. The third kappa shape index (κ3) is 4.75. The molecule has 0 bridgehead atoms. The zero-order valence-electron chi connectivity index (χ0n) is 18.2. The van der Waals surface area contributed by atoms with E-state index in [0.717, 1.165) is 5.56 Å². The zero-order chi connectivity index (χ0) is 23.4. The van der Waals surface area contributed by atoms with Gasteiger partial charge in [0, 0.05) is 31.0 Å². The average Bonchev–Trinajstić information content (AvgIpc) is 2.92. The fourth-order valence-corrected chi connectivity index (χ4v) is 3.63. The fraction of sp³-hybridized carbons (Fsp3) is 0.160. The Balaban J connectivity index is 1.64. The predicted octanol–water partition coefficient (Wildman–Crippen LogP) is 3.93. The van der Waals surface area contributed by atoms with Crippen molar-refractivity contribution >= 4 is 29.0 Å². The first-order valence-corrected chi connectivity index (χ1v) is 10.3. The summed E-state index contributed by atoms with van der Waals surface area (Å²) in [5.74, 6) is -0.915. The number of amides is 3. The van der Waals surface area contributed by atoms with E-state index in [0.29, 0.717) is 23.5 Å². The van der Waals surface area contributed by atoms with E-state index >= 15 is 0 Å². The van der Waals surface area contributed by atoms with Gasteiger partial charge in [-0.25, -0.2) is 14.2 Å². The normalized spacial score (nSPS) is 15.4. The Labute approximate surface area is 190 Å². The van der Waals surface area contributed by atoms with Crippen molar-refractivity contribution in [2.75, 3.05) is 24.4 Å². The quantitative estimate of drug-likeness (QED) is 0.623. The summed E-state index contributed by atoms with van der Waals surface area (Å²) >= 11 is 0. The molecule has 0 saturated carbocycles. The van der Waals surface area contributed by atoms with Crippen molar-refractivity contribution < 1.29 is 18.7 Å². The van der Waals surface area contributed by atoms with E-state index in [9.17, 15) is 14.0 Å². The molecule has 1 aliphatic rings. The van der Waals surface area contributed by atoms with Gasteiger partial charge in [0.15, 0.2) is 0 Å². The van der Waals surface area contributed by atoms with Crippen molar-refractivity contribution in [2.24, 2.45) is 4.99 Å². The third-order valence-corrected chi connectivity index (χ3v) is 5.26. The largest absolute Gasteiger partial charge is 0.380 e. The van der Waals surface area contributed by atoms with Crippen LogP contribution in [0.25, 0.3) is 0 Å². The summed E-state index contributed by atoms with van der Waals surface area (Å²) < 4.78 is 19.8. The van der Waals surface area contributed by atoms with E-state index in [4.69, 9.17) is 4.74 Å². The van der Waals surface area contributed by atoms with Gasteiger partial charge in [0.1, 0.15) is 5.82 Å². The smallest absolute Gasteiger partial charge is 0.321 e. The Hall–Kier alpha value is -4.04. The lowest BCUT2D eigenvalue weighted by atomic mass is 10.00. The highest BCUT2D eigenvalue weighted by Crippen LogP contribution is 2.28. The van der Waals surface area contributed by atoms with Crippen molar-refractivity contribution in [1.29, 1.82) is 0 Å². The van der Waals surface area contributed by atoms with Crippen LogP contribution in [0.2, 0.25) is 0 Å². The Kier molecular flexibility index (Phi) is 6.46. The molecule has 0 aliphatic carbocycles. The number of benzodiazepines with no additional fused rings is 1. The molecule has 8 heteroatoms. The number of nitrogens with one attached hydrogen (secondary N) is 2. The molecule has 4 rings (SSSR count). The van der Waals surface area contributed by atoms with E-state index < -0.39 is 23.9 Å². The molecular weight excluding hydrogens is 423 g/mol. The maximum Gasteiger partial charge on any atom is 0.321 e. The summed E-state index contributed by atoms with van der Waals surface area (Å²) in [6.07, 6.45) is -1.25. The number of anilines is 2. The molecule has 1 unspecified atom stereocenters. The number of ether oxygens (including phenoxy) is 1. The van der Waals surface area contributed by atoms with Crippen LogP contribution in [0.3, 0.4) is 0 Å². The predicted molar refractivity (Wildman–Crippen MR) is 125 cm³/mol. The number of benzene rings is 3. The summed E-state index contributed by atoms with van der Waals surface area (Å²) in [4.78, 5) is 31.7. The number of hydrogen-bond acceptors (Lipinski definition) is 4. The topological polar surface area (TPSA) is 83.0 Å². The third-order valence-electron chi connectivity index (χ3n) is 5.26. The lowest BCUT2D eigenvalue weighted by molar-refractivity contribution is -0.119. The Morgan fingerprint density at radius 1 is 1.03 bits per heavy atom. The second-order valence-electron chi connectivity index (χ2n) is 7.50. The van der Waals surface area contributed by atoms with Crippen LogP contribution in [0.15, 0.2) is 77.8 Å². The van der Waals surface area contributed by atoms with Crippen LogP contribution in [-0.2, 0) is 16.1 Å². The number of urea groups is 1. The van der Waals surface area contributed by atoms with Gasteiger partial charge < -0.3 is 20.3 Å². The Morgan fingerprint density at radius 3 is 2.39 bits per heavy atom. The first-order valence-electron chi connectivity index (χ1n) is 10.3. The van der Waals surface area contributed by atoms with E-state index in [1.165, 1.54) is 11.0 Å². The molecule has 3 aromatic carbocycles. The number of hydrogen-bond donors (Lipinski definition) is 2. The summed E-state index contributed by atoms with van der Waals surface area (Å²) in [5, 5.41) is 5.30. The highest BCUT2D eigenvalue weighted by molar-refractivity contribution is 6.20. The number of halogens is 1. The van der Waals surface area contributed by atoms with Gasteiger partial charge in [-0.2, -0.15) is 0 Å². The average molecular weight is 446 g/mol. The molecule has 1 heterocycles. The molecule has 0 aromatic heterocycles. The molecule has 7 nitrogen and oxygen atoms in total. The molecular formula is C25H23FN4O3. The number of para-hydroxylation sites is 1. The molecule has 3 aromatic rings. The van der Waals surface area contributed by atoms with Gasteiger partial charge in [-0.15, -0.1) is 0 Å². The molecule has 0 radical (unpaired) electrons. The summed E-state index contributed by atoms with van der Waals surface area (Å²) in [6.45, 7) is 0.462. The van der Waals surface area contributed by atoms with Gasteiger partial charge in [-0.1, -0.05) is 42.5 Å². The second kappa shape index (κ2) is 9.62. The maximum atomic E-state index is 14.7. The number of aliphatic imine (C=N–C) groups is 1. The summed E-state index contributed by atoms with van der Waals surface area (Å²) in [7, 11) is 3.21. The van der Waals surface area contributed by atoms with Crippen molar-refractivity contribution in [3.63, 3.8) is 0 Å². The molecule has 0 saturated heterocycles. The van der Waals surface area contributed by atoms with E-state index in [1.807, 2.05) is 12.1 Å². The van der Waals surface area contributed by atoms with Gasteiger partial charge in [-0.05, 0) is 35.9 Å². The number of methoxy groups -OCH3 is 1. The highest BCUT2D eigenvalue weighted by Gasteiger charge is 2.31. The minimum atomic E-state index is -1.25. The van der Waals surface area contributed by atoms with Crippen LogP contribution in [0.5, 0.6) is 0 Å². The number of likely N-dealkylation sites (N-methyl/N-ethyl adjacent to an activating group) is 1. The van der Waals surface area contributed by atoms with Crippen LogP contribution < -0.4 is 15.5 Å². The molecule has 2 N–H and O–H groups in total. The SMILES string of the molecule is COCc1ccc(NC(=O)NC2N=C(c3ccccc3F)c3ccccc3N(C)C2=O)cc1. The van der Waals surface area contributed by atoms with Crippen LogP contribution in [0.4, 0.5) is 20.6 Å². The number of carbonyl (C=O) groups is 2. The molecule has 1 aliphatic heterocycles. The van der Waals surface area contributed by atoms with Crippen LogP contribution >= 0.6 is 0 Å². The first-order chi connectivity index (χ1) is 16.0. The zero-order valence-corrected chi connectivity index (χ0v) is 18.2. The lowest BCUT2D eigenvalue weighted by Gasteiger charge is -2.21. The second-order valence-corrected chi connectivity index (χ2v) is 7.50. The first kappa shape index (κ1) is 22.2. The number of carbonyl (C=O) groups excluding carboxylic acids is 2. The van der Waals surface area contributed by atoms with E-state index in [-0.39, 0.29) is 11.3 Å². The fourth-order valence-electron chi connectivity index (χ4n) is 3.63. The number of fused-ring (bicyclic) bond motifs is 1. The van der Waals surface area contributed by atoms with Gasteiger partial charge in [-0.3, -0.25) is 4.79 Å². The molecule has 0 spiro atoms. The summed E-state index contributed by atoms with van der Waals surface area (Å²) in [5.41, 5.74) is 3.20. The lowest BCUT2D eigenvalue weighted by Crippen LogP contribution is -2.47. The molecule has 3 amide bonds. The van der Waals surface area contributed by atoms with Crippen molar-refractivity contribution in [1.82, 2.24) is 5.32 Å².